The van der Waals surface area contributed by atoms with Gasteiger partial charge in [-0.25, -0.2) is 0 Å². The number of hydrogen-bond donors (Lipinski definition) is 1. The van der Waals surface area contributed by atoms with Crippen molar-refractivity contribution in [3.05, 3.63) is 0 Å². The summed E-state index contributed by atoms with van der Waals surface area (Å²) in [6, 6.07) is 0.611. The average Bonchev–Trinajstić information content (AvgIpc) is 2.87. The highest BCUT2D eigenvalue weighted by molar-refractivity contribution is 8.14. The van der Waals surface area contributed by atoms with Crippen LogP contribution in [0.5, 0.6) is 0 Å². The first kappa shape index (κ1) is 12.3. The summed E-state index contributed by atoms with van der Waals surface area (Å²) >= 11 is 1.94. The van der Waals surface area contributed by atoms with E-state index in [1.807, 2.05) is 11.8 Å². The molecule has 1 heterocycles. The zero-order chi connectivity index (χ0) is 11.5. The predicted molar refractivity (Wildman–Crippen MR) is 73.1 cm³/mol. The number of aliphatic imine (C=N–C) groups is 1. The second kappa shape index (κ2) is 5.44. The minimum absolute atomic E-state index is 0.611. The lowest BCUT2D eigenvalue weighted by molar-refractivity contribution is 0.428. The van der Waals surface area contributed by atoms with Gasteiger partial charge in [0.2, 0.25) is 0 Å². The van der Waals surface area contributed by atoms with Crippen LogP contribution < -0.4 is 5.32 Å². The highest BCUT2D eigenvalue weighted by atomic mass is 32.2. The number of amidine groups is 1. The second-order valence-electron chi connectivity index (χ2n) is 5.52. The summed E-state index contributed by atoms with van der Waals surface area (Å²) in [6.45, 7) is 7.90. The van der Waals surface area contributed by atoms with Crippen LogP contribution in [0, 0.1) is 11.8 Å². The average molecular weight is 240 g/mol. The molecule has 92 valence electrons. The molecule has 1 N–H and O–H groups in total. The molecule has 0 spiro atoms. The lowest BCUT2D eigenvalue weighted by Gasteiger charge is -2.21. The lowest BCUT2D eigenvalue weighted by atomic mass is 10.0. The summed E-state index contributed by atoms with van der Waals surface area (Å²) in [5, 5.41) is 5.50. The van der Waals surface area contributed by atoms with Crippen LogP contribution in [0.15, 0.2) is 4.99 Å². The Hall–Kier alpha value is -0.180. The standard InChI is InChI=1S/C13H24N2S/c1-9(2)12-8-14-13(16-12)15-10(3)11-6-4-5-7-11/h9-12H,4-8H2,1-3H3,(H,14,15). The van der Waals surface area contributed by atoms with Gasteiger partial charge in [-0.3, -0.25) is 4.99 Å². The minimum Gasteiger partial charge on any atom is -0.362 e. The second-order valence-corrected chi connectivity index (χ2v) is 6.75. The fourth-order valence-electron chi connectivity index (χ4n) is 2.59. The van der Waals surface area contributed by atoms with E-state index in [9.17, 15) is 0 Å². The van der Waals surface area contributed by atoms with Crippen LogP contribution >= 0.6 is 11.8 Å². The Bertz CT molecular complexity index is 257. The molecule has 1 aliphatic carbocycles. The molecule has 2 rings (SSSR count). The van der Waals surface area contributed by atoms with Crippen molar-refractivity contribution in [2.75, 3.05) is 6.54 Å². The van der Waals surface area contributed by atoms with Gasteiger partial charge in [-0.05, 0) is 31.6 Å². The number of nitrogens with one attached hydrogen (secondary N) is 1. The van der Waals surface area contributed by atoms with Crippen LogP contribution in [0.3, 0.4) is 0 Å². The van der Waals surface area contributed by atoms with E-state index in [0.717, 1.165) is 18.4 Å². The Morgan fingerprint density at radius 3 is 2.50 bits per heavy atom. The molecular weight excluding hydrogens is 216 g/mol. The third-order valence-electron chi connectivity index (χ3n) is 3.88. The van der Waals surface area contributed by atoms with Gasteiger partial charge >= 0.3 is 0 Å². The fraction of sp³-hybridized carbons (Fsp3) is 0.923. The minimum atomic E-state index is 0.611. The molecule has 3 heteroatoms. The van der Waals surface area contributed by atoms with E-state index in [1.165, 1.54) is 30.9 Å². The number of thioether (sulfide) groups is 1. The molecule has 0 amide bonds. The van der Waals surface area contributed by atoms with Gasteiger partial charge in [-0.1, -0.05) is 38.5 Å². The molecule has 0 aromatic carbocycles. The Morgan fingerprint density at radius 2 is 1.94 bits per heavy atom. The molecule has 2 nitrogen and oxygen atoms in total. The zero-order valence-corrected chi connectivity index (χ0v) is 11.5. The van der Waals surface area contributed by atoms with Gasteiger partial charge in [0.25, 0.3) is 0 Å². The third kappa shape index (κ3) is 2.93. The smallest absolute Gasteiger partial charge is 0.157 e. The molecule has 2 atom stereocenters. The topological polar surface area (TPSA) is 24.4 Å². The van der Waals surface area contributed by atoms with Gasteiger partial charge < -0.3 is 5.32 Å². The van der Waals surface area contributed by atoms with Crippen molar-refractivity contribution < 1.29 is 0 Å². The molecule has 0 bridgehead atoms. The van der Waals surface area contributed by atoms with Crippen LogP contribution in [-0.4, -0.2) is 23.0 Å². The van der Waals surface area contributed by atoms with Crippen molar-refractivity contribution in [1.82, 2.24) is 5.32 Å². The summed E-state index contributed by atoms with van der Waals surface area (Å²) in [7, 11) is 0. The summed E-state index contributed by atoms with van der Waals surface area (Å²) in [6.07, 6.45) is 5.65. The third-order valence-corrected chi connectivity index (χ3v) is 5.35. The van der Waals surface area contributed by atoms with Crippen molar-refractivity contribution in [2.45, 2.75) is 57.7 Å². The van der Waals surface area contributed by atoms with E-state index in [4.69, 9.17) is 0 Å². The van der Waals surface area contributed by atoms with Crippen molar-refractivity contribution >= 4 is 16.9 Å². The molecule has 0 aromatic rings. The van der Waals surface area contributed by atoms with Crippen LogP contribution in [0.2, 0.25) is 0 Å². The molecule has 2 aliphatic rings. The number of rotatable bonds is 3. The Balaban J connectivity index is 1.77. The quantitative estimate of drug-likeness (QED) is 0.818. The molecule has 0 saturated heterocycles. The molecule has 0 aromatic heterocycles. The molecule has 1 aliphatic heterocycles. The maximum absolute atomic E-state index is 4.62. The molecule has 1 saturated carbocycles. The molecule has 0 radical (unpaired) electrons. The fourth-order valence-corrected chi connectivity index (χ4v) is 3.70. The van der Waals surface area contributed by atoms with Crippen molar-refractivity contribution in [3.63, 3.8) is 0 Å². The first-order valence-corrected chi connectivity index (χ1v) is 7.52. The van der Waals surface area contributed by atoms with Gasteiger partial charge in [0, 0.05) is 11.3 Å². The summed E-state index contributed by atoms with van der Waals surface area (Å²) < 4.78 is 0. The number of hydrogen-bond acceptors (Lipinski definition) is 3. The van der Waals surface area contributed by atoms with Crippen LogP contribution in [0.1, 0.15) is 46.5 Å². The first-order chi connectivity index (χ1) is 7.66. The monoisotopic (exact) mass is 240 g/mol. The van der Waals surface area contributed by atoms with Gasteiger partial charge in [0.1, 0.15) is 0 Å². The molecule has 2 unspecified atom stereocenters. The predicted octanol–water partition coefficient (Wildman–Crippen LogP) is 3.28. The van der Waals surface area contributed by atoms with E-state index in [-0.39, 0.29) is 0 Å². The van der Waals surface area contributed by atoms with E-state index < -0.39 is 0 Å². The molecular formula is C13H24N2S. The van der Waals surface area contributed by atoms with E-state index in [0.29, 0.717) is 11.3 Å². The summed E-state index contributed by atoms with van der Waals surface area (Å²) in [5.41, 5.74) is 0. The Labute approximate surface area is 104 Å². The lowest BCUT2D eigenvalue weighted by Crippen LogP contribution is -2.35. The van der Waals surface area contributed by atoms with E-state index in [1.54, 1.807) is 0 Å². The normalized spacial score (nSPS) is 28.5. The van der Waals surface area contributed by atoms with Gasteiger partial charge in [-0.2, -0.15) is 0 Å². The zero-order valence-electron chi connectivity index (χ0n) is 10.7. The Morgan fingerprint density at radius 1 is 1.25 bits per heavy atom. The van der Waals surface area contributed by atoms with Crippen molar-refractivity contribution in [3.8, 4) is 0 Å². The number of nitrogens with zero attached hydrogens (tertiary/aromatic N) is 1. The SMILES string of the molecule is CC(C)C1CN=C(NC(C)C2CCCC2)S1. The van der Waals surface area contributed by atoms with Crippen molar-refractivity contribution in [2.24, 2.45) is 16.8 Å². The van der Waals surface area contributed by atoms with Crippen LogP contribution in [0.4, 0.5) is 0 Å². The first-order valence-electron chi connectivity index (χ1n) is 6.64. The van der Waals surface area contributed by atoms with Gasteiger partial charge in [-0.15, -0.1) is 0 Å². The largest absolute Gasteiger partial charge is 0.362 e. The van der Waals surface area contributed by atoms with Crippen LogP contribution in [0.25, 0.3) is 0 Å². The highest BCUT2D eigenvalue weighted by Crippen LogP contribution is 2.30. The summed E-state index contributed by atoms with van der Waals surface area (Å²) in [5.74, 6) is 1.61. The maximum atomic E-state index is 4.62. The van der Waals surface area contributed by atoms with Crippen LogP contribution in [-0.2, 0) is 0 Å². The van der Waals surface area contributed by atoms with Gasteiger partial charge in [0.15, 0.2) is 5.17 Å². The maximum Gasteiger partial charge on any atom is 0.157 e. The summed E-state index contributed by atoms with van der Waals surface area (Å²) in [4.78, 5) is 4.62. The molecule has 1 fully saturated rings. The van der Waals surface area contributed by atoms with Crippen molar-refractivity contribution in [1.29, 1.82) is 0 Å². The Kier molecular flexibility index (Phi) is 4.17. The van der Waals surface area contributed by atoms with E-state index >= 15 is 0 Å². The van der Waals surface area contributed by atoms with Gasteiger partial charge in [0.05, 0.1) is 6.54 Å². The molecule has 16 heavy (non-hydrogen) atoms. The highest BCUT2D eigenvalue weighted by Gasteiger charge is 2.26. The van der Waals surface area contributed by atoms with E-state index in [2.05, 4.69) is 31.1 Å².